The highest BCUT2D eigenvalue weighted by Gasteiger charge is 2.18. The van der Waals surface area contributed by atoms with E-state index < -0.39 is 0 Å². The standard InChI is InChI=1S/C40H31N5/c1-42-21-22-44(26-42)30-11-8-12-31(25-30)45-37-20-18-28(33-14-7-10-27-9-3-4-13-32(27)33)23-35(37)34-19-17-29(24-39(34)45)40-41-36-15-5-6-16-38(36)43(40)2/h3-25H,26H2,1-2H3. The van der Waals surface area contributed by atoms with E-state index >= 15 is 0 Å². The molecule has 0 N–H and O–H groups in total. The molecule has 2 aromatic heterocycles. The van der Waals surface area contributed by atoms with Crippen LogP contribution in [0.1, 0.15) is 0 Å². The van der Waals surface area contributed by atoms with Crippen LogP contribution in [-0.2, 0) is 7.05 Å². The summed E-state index contributed by atoms with van der Waals surface area (Å²) in [5.74, 6) is 0.963. The van der Waals surface area contributed by atoms with Crippen molar-refractivity contribution in [1.82, 2.24) is 19.0 Å². The van der Waals surface area contributed by atoms with Crippen LogP contribution in [0.25, 0.3) is 71.8 Å². The molecule has 0 radical (unpaired) electrons. The monoisotopic (exact) mass is 581 g/mol. The van der Waals surface area contributed by atoms with Crippen molar-refractivity contribution in [3.8, 4) is 28.2 Å². The van der Waals surface area contributed by atoms with Gasteiger partial charge in [0.1, 0.15) is 5.82 Å². The van der Waals surface area contributed by atoms with Crippen LogP contribution in [0.2, 0.25) is 0 Å². The Morgan fingerprint density at radius 3 is 2.24 bits per heavy atom. The fourth-order valence-corrected chi connectivity index (χ4v) is 6.99. The molecule has 0 fully saturated rings. The van der Waals surface area contributed by atoms with Crippen molar-refractivity contribution in [1.29, 1.82) is 0 Å². The quantitative estimate of drug-likeness (QED) is 0.207. The maximum Gasteiger partial charge on any atom is 0.140 e. The number of hydrogen-bond acceptors (Lipinski definition) is 3. The summed E-state index contributed by atoms with van der Waals surface area (Å²) in [5.41, 5.74) is 10.3. The van der Waals surface area contributed by atoms with Crippen molar-refractivity contribution in [2.75, 3.05) is 18.6 Å². The van der Waals surface area contributed by atoms with Gasteiger partial charge in [-0.3, -0.25) is 0 Å². The first-order valence-electron chi connectivity index (χ1n) is 15.4. The summed E-state index contributed by atoms with van der Waals surface area (Å²) >= 11 is 0. The summed E-state index contributed by atoms with van der Waals surface area (Å²) in [4.78, 5) is 9.50. The van der Waals surface area contributed by atoms with Gasteiger partial charge in [0.25, 0.3) is 0 Å². The van der Waals surface area contributed by atoms with E-state index in [2.05, 4.69) is 167 Å². The summed E-state index contributed by atoms with van der Waals surface area (Å²) in [7, 11) is 4.20. The molecule has 0 spiro atoms. The van der Waals surface area contributed by atoms with Gasteiger partial charge in [0.05, 0.1) is 28.7 Å². The van der Waals surface area contributed by atoms with Gasteiger partial charge in [-0.05, 0) is 70.4 Å². The number of anilines is 1. The van der Waals surface area contributed by atoms with Crippen LogP contribution in [0.4, 0.5) is 5.69 Å². The molecule has 8 aromatic rings. The Morgan fingerprint density at radius 2 is 1.36 bits per heavy atom. The number of benzene rings is 6. The van der Waals surface area contributed by atoms with Gasteiger partial charge in [-0.2, -0.15) is 0 Å². The Hall–Kier alpha value is -5.81. The predicted molar refractivity (Wildman–Crippen MR) is 188 cm³/mol. The van der Waals surface area contributed by atoms with Crippen molar-refractivity contribution >= 4 is 49.3 Å². The van der Waals surface area contributed by atoms with E-state index in [4.69, 9.17) is 4.98 Å². The molecule has 1 aliphatic rings. The zero-order valence-electron chi connectivity index (χ0n) is 25.2. The Morgan fingerprint density at radius 1 is 0.556 bits per heavy atom. The number of rotatable bonds is 4. The van der Waals surface area contributed by atoms with Gasteiger partial charge < -0.3 is 18.9 Å². The number of nitrogens with zero attached hydrogens (tertiary/aromatic N) is 5. The highest BCUT2D eigenvalue weighted by molar-refractivity contribution is 6.12. The van der Waals surface area contributed by atoms with Crippen molar-refractivity contribution < 1.29 is 0 Å². The highest BCUT2D eigenvalue weighted by atomic mass is 15.3. The van der Waals surface area contributed by atoms with E-state index in [1.54, 1.807) is 0 Å². The summed E-state index contributed by atoms with van der Waals surface area (Å²) in [6, 6.07) is 46.1. The second-order valence-corrected chi connectivity index (χ2v) is 12.0. The second-order valence-electron chi connectivity index (χ2n) is 12.0. The summed E-state index contributed by atoms with van der Waals surface area (Å²) in [5, 5.41) is 4.98. The Bertz CT molecular complexity index is 2460. The number of fused-ring (bicyclic) bond motifs is 5. The Labute approximate surface area is 261 Å². The van der Waals surface area contributed by atoms with Gasteiger partial charge in [-0.25, -0.2) is 4.98 Å². The third kappa shape index (κ3) is 4.05. The largest absolute Gasteiger partial charge is 0.361 e. The maximum atomic E-state index is 5.04. The van der Waals surface area contributed by atoms with E-state index in [1.165, 1.54) is 43.9 Å². The highest BCUT2D eigenvalue weighted by Crippen LogP contribution is 2.39. The molecule has 3 heterocycles. The van der Waals surface area contributed by atoms with Crippen LogP contribution in [0.5, 0.6) is 0 Å². The normalized spacial score (nSPS) is 13.3. The lowest BCUT2D eigenvalue weighted by atomic mass is 9.97. The van der Waals surface area contributed by atoms with Crippen LogP contribution in [-0.4, -0.2) is 32.7 Å². The minimum Gasteiger partial charge on any atom is -0.361 e. The van der Waals surface area contributed by atoms with Crippen LogP contribution in [0.15, 0.2) is 140 Å². The number of imidazole rings is 1. The van der Waals surface area contributed by atoms with Crippen molar-refractivity contribution in [3.63, 3.8) is 0 Å². The molecule has 6 aromatic carbocycles. The van der Waals surface area contributed by atoms with Gasteiger partial charge >= 0.3 is 0 Å². The van der Waals surface area contributed by atoms with Gasteiger partial charge in [0.15, 0.2) is 0 Å². The third-order valence-electron chi connectivity index (χ3n) is 9.21. The van der Waals surface area contributed by atoms with Crippen molar-refractivity contribution in [3.05, 3.63) is 140 Å². The van der Waals surface area contributed by atoms with E-state index in [9.17, 15) is 0 Å². The van der Waals surface area contributed by atoms with Crippen LogP contribution in [0.3, 0.4) is 0 Å². The van der Waals surface area contributed by atoms with Gasteiger partial charge in [-0.15, -0.1) is 0 Å². The van der Waals surface area contributed by atoms with E-state index in [-0.39, 0.29) is 0 Å². The van der Waals surface area contributed by atoms with Crippen LogP contribution >= 0.6 is 0 Å². The molecule has 216 valence electrons. The minimum atomic E-state index is 0.835. The van der Waals surface area contributed by atoms with Gasteiger partial charge in [-0.1, -0.05) is 78.9 Å². The van der Waals surface area contributed by atoms with Crippen molar-refractivity contribution in [2.24, 2.45) is 7.05 Å². The molecule has 1 aliphatic heterocycles. The number of hydrogen-bond donors (Lipinski definition) is 0. The average Bonchev–Trinajstić information content (AvgIpc) is 3.77. The van der Waals surface area contributed by atoms with Gasteiger partial charge in [0.2, 0.25) is 0 Å². The smallest absolute Gasteiger partial charge is 0.140 e. The summed E-state index contributed by atoms with van der Waals surface area (Å²) < 4.78 is 4.61. The first-order valence-corrected chi connectivity index (χ1v) is 15.4. The summed E-state index contributed by atoms with van der Waals surface area (Å²) in [6.07, 6.45) is 4.26. The SMILES string of the molecule is CN1C=CN(c2cccc(-n3c4ccc(-c5cccc6ccccc56)cc4c4ccc(-c5nc6ccccc6n5C)cc43)c2)C1. The summed E-state index contributed by atoms with van der Waals surface area (Å²) in [6.45, 7) is 0.835. The Balaban J connectivity index is 1.29. The predicted octanol–water partition coefficient (Wildman–Crippen LogP) is 9.34. The lowest BCUT2D eigenvalue weighted by Gasteiger charge is -2.19. The molecular formula is C40H31N5. The number of aromatic nitrogens is 3. The second kappa shape index (κ2) is 9.86. The number of aryl methyl sites for hydroxylation is 1. The number of para-hydroxylation sites is 2. The van der Waals surface area contributed by atoms with Gasteiger partial charge in [0, 0.05) is 54.2 Å². The lowest BCUT2D eigenvalue weighted by Crippen LogP contribution is -2.21. The fourth-order valence-electron chi connectivity index (χ4n) is 6.99. The van der Waals surface area contributed by atoms with E-state index in [0.29, 0.717) is 0 Å². The first kappa shape index (κ1) is 25.7. The molecule has 0 unspecified atom stereocenters. The van der Waals surface area contributed by atoms with Crippen LogP contribution < -0.4 is 4.90 Å². The molecule has 0 saturated carbocycles. The maximum absolute atomic E-state index is 5.04. The zero-order chi connectivity index (χ0) is 30.1. The third-order valence-corrected chi connectivity index (χ3v) is 9.21. The lowest BCUT2D eigenvalue weighted by molar-refractivity contribution is 0.496. The molecule has 0 bridgehead atoms. The molecule has 0 amide bonds. The molecule has 0 saturated heterocycles. The average molecular weight is 582 g/mol. The molecule has 0 atom stereocenters. The fraction of sp³-hybridized carbons (Fsp3) is 0.0750. The van der Waals surface area contributed by atoms with E-state index in [1.807, 2.05) is 6.07 Å². The molecule has 0 aliphatic carbocycles. The minimum absolute atomic E-state index is 0.835. The molecule has 5 heteroatoms. The molecule has 9 rings (SSSR count). The van der Waals surface area contributed by atoms with Crippen LogP contribution in [0, 0.1) is 0 Å². The zero-order valence-corrected chi connectivity index (χ0v) is 25.2. The topological polar surface area (TPSA) is 29.2 Å². The molecule has 45 heavy (non-hydrogen) atoms. The molecular weight excluding hydrogens is 550 g/mol. The van der Waals surface area contributed by atoms with E-state index in [0.717, 1.165) is 40.3 Å². The Kier molecular flexibility index (Phi) is 5.62. The molecule has 5 nitrogen and oxygen atoms in total. The van der Waals surface area contributed by atoms with Crippen molar-refractivity contribution in [2.45, 2.75) is 0 Å². The first-order chi connectivity index (χ1) is 22.1.